The summed E-state index contributed by atoms with van der Waals surface area (Å²) in [5.74, 6) is -0.259. The Labute approximate surface area is 154 Å². The van der Waals surface area contributed by atoms with Crippen molar-refractivity contribution in [2.75, 3.05) is 11.4 Å². The molecule has 2 aliphatic rings. The minimum Gasteiger partial charge on any atom is -0.349 e. The number of aryl methyl sites for hydroxylation is 2. The zero-order chi connectivity index (χ0) is 18.1. The van der Waals surface area contributed by atoms with Gasteiger partial charge in [-0.05, 0) is 49.4 Å². The molecule has 0 bridgehead atoms. The van der Waals surface area contributed by atoms with E-state index in [9.17, 15) is 9.59 Å². The summed E-state index contributed by atoms with van der Waals surface area (Å²) in [5, 5.41) is 3.20. The number of nitrogens with zero attached hydrogens (tertiary/aromatic N) is 1. The van der Waals surface area contributed by atoms with Gasteiger partial charge in [0, 0.05) is 18.7 Å². The van der Waals surface area contributed by atoms with Crippen LogP contribution in [-0.2, 0) is 16.0 Å². The standard InChI is InChI=1S/C22H24N2O2/c1-15-9-11-18(12-10-15)24-14-17(13-21(24)25)22(26)23-20-8-4-6-16-5-2-3-7-19(16)20/h2-3,5,7,9-12,17,20H,4,6,8,13-14H2,1H3,(H,23,26)/t17-,20-/m0/s1. The second-order valence-corrected chi connectivity index (χ2v) is 7.39. The topological polar surface area (TPSA) is 49.4 Å². The van der Waals surface area contributed by atoms with Crippen molar-refractivity contribution in [1.29, 1.82) is 0 Å². The van der Waals surface area contributed by atoms with Gasteiger partial charge in [0.1, 0.15) is 0 Å². The van der Waals surface area contributed by atoms with Crippen LogP contribution in [0, 0.1) is 12.8 Å². The van der Waals surface area contributed by atoms with Gasteiger partial charge in [-0.1, -0.05) is 42.0 Å². The van der Waals surface area contributed by atoms with E-state index < -0.39 is 0 Å². The van der Waals surface area contributed by atoms with E-state index in [4.69, 9.17) is 0 Å². The van der Waals surface area contributed by atoms with Crippen LogP contribution in [0.3, 0.4) is 0 Å². The Morgan fingerprint density at radius 3 is 2.69 bits per heavy atom. The van der Waals surface area contributed by atoms with Crippen LogP contribution in [0.15, 0.2) is 48.5 Å². The fraction of sp³-hybridized carbons (Fsp3) is 0.364. The zero-order valence-electron chi connectivity index (χ0n) is 15.1. The molecule has 0 radical (unpaired) electrons. The highest BCUT2D eigenvalue weighted by Crippen LogP contribution is 2.31. The van der Waals surface area contributed by atoms with Gasteiger partial charge in [0.05, 0.1) is 12.0 Å². The van der Waals surface area contributed by atoms with E-state index in [0.29, 0.717) is 6.54 Å². The number of benzene rings is 2. The summed E-state index contributed by atoms with van der Waals surface area (Å²) in [6.07, 6.45) is 3.41. The summed E-state index contributed by atoms with van der Waals surface area (Å²) >= 11 is 0. The largest absolute Gasteiger partial charge is 0.349 e. The monoisotopic (exact) mass is 348 g/mol. The molecule has 0 saturated carbocycles. The van der Waals surface area contributed by atoms with Crippen LogP contribution in [-0.4, -0.2) is 18.4 Å². The number of carbonyl (C=O) groups excluding carboxylic acids is 2. The van der Waals surface area contributed by atoms with Crippen molar-refractivity contribution in [1.82, 2.24) is 5.32 Å². The van der Waals surface area contributed by atoms with Crippen LogP contribution in [0.2, 0.25) is 0 Å². The minimum atomic E-state index is -0.280. The molecule has 2 aromatic carbocycles. The lowest BCUT2D eigenvalue weighted by atomic mass is 9.87. The summed E-state index contributed by atoms with van der Waals surface area (Å²) in [6, 6.07) is 16.3. The first-order valence-corrected chi connectivity index (χ1v) is 9.37. The van der Waals surface area contributed by atoms with E-state index in [0.717, 1.165) is 30.5 Å². The lowest BCUT2D eigenvalue weighted by Crippen LogP contribution is -2.36. The number of rotatable bonds is 3. The molecule has 1 saturated heterocycles. The van der Waals surface area contributed by atoms with Gasteiger partial charge < -0.3 is 10.2 Å². The Morgan fingerprint density at radius 1 is 1.12 bits per heavy atom. The Kier molecular flexibility index (Phi) is 4.49. The van der Waals surface area contributed by atoms with Gasteiger partial charge in [0.15, 0.2) is 0 Å². The molecule has 0 spiro atoms. The molecular weight excluding hydrogens is 324 g/mol. The highest BCUT2D eigenvalue weighted by Gasteiger charge is 2.36. The van der Waals surface area contributed by atoms with E-state index >= 15 is 0 Å². The van der Waals surface area contributed by atoms with Crippen LogP contribution in [0.25, 0.3) is 0 Å². The summed E-state index contributed by atoms with van der Waals surface area (Å²) in [5.41, 5.74) is 4.59. The molecule has 4 nitrogen and oxygen atoms in total. The van der Waals surface area contributed by atoms with Crippen LogP contribution in [0.5, 0.6) is 0 Å². The molecule has 1 aliphatic heterocycles. The van der Waals surface area contributed by atoms with Gasteiger partial charge >= 0.3 is 0 Å². The van der Waals surface area contributed by atoms with Crippen molar-refractivity contribution >= 4 is 17.5 Å². The van der Waals surface area contributed by atoms with Crippen molar-refractivity contribution in [2.24, 2.45) is 5.92 Å². The van der Waals surface area contributed by atoms with Crippen molar-refractivity contribution in [2.45, 2.75) is 38.6 Å². The summed E-state index contributed by atoms with van der Waals surface area (Å²) in [7, 11) is 0. The van der Waals surface area contributed by atoms with Crippen LogP contribution < -0.4 is 10.2 Å². The molecule has 26 heavy (non-hydrogen) atoms. The second kappa shape index (κ2) is 6.94. The van der Waals surface area contributed by atoms with Gasteiger partial charge in [-0.3, -0.25) is 9.59 Å². The quantitative estimate of drug-likeness (QED) is 0.922. The van der Waals surface area contributed by atoms with Gasteiger partial charge in [-0.15, -0.1) is 0 Å². The Hall–Kier alpha value is -2.62. The molecule has 2 aromatic rings. The third-order valence-corrected chi connectivity index (χ3v) is 5.53. The molecule has 1 fully saturated rings. The smallest absolute Gasteiger partial charge is 0.227 e. The molecule has 1 N–H and O–H groups in total. The first-order valence-electron chi connectivity index (χ1n) is 9.37. The molecular formula is C22H24N2O2. The zero-order valence-corrected chi connectivity index (χ0v) is 15.1. The Morgan fingerprint density at radius 2 is 1.88 bits per heavy atom. The van der Waals surface area contributed by atoms with E-state index in [1.165, 1.54) is 11.1 Å². The van der Waals surface area contributed by atoms with Crippen molar-refractivity contribution < 1.29 is 9.59 Å². The number of amides is 2. The SMILES string of the molecule is Cc1ccc(N2C[C@@H](C(=O)N[C@H]3CCCc4ccccc43)CC2=O)cc1. The van der Waals surface area contributed by atoms with E-state index in [1.807, 2.05) is 37.3 Å². The lowest BCUT2D eigenvalue weighted by molar-refractivity contribution is -0.127. The second-order valence-electron chi connectivity index (χ2n) is 7.39. The maximum atomic E-state index is 12.8. The normalized spacial score (nSPS) is 22.2. The number of hydrogen-bond acceptors (Lipinski definition) is 2. The molecule has 4 rings (SSSR count). The predicted octanol–water partition coefficient (Wildman–Crippen LogP) is 3.54. The van der Waals surface area contributed by atoms with E-state index in [2.05, 4.69) is 23.5 Å². The summed E-state index contributed by atoms with van der Waals surface area (Å²) in [6.45, 7) is 2.48. The molecule has 1 aliphatic carbocycles. The Bertz CT molecular complexity index is 828. The number of anilines is 1. The fourth-order valence-corrected chi connectivity index (χ4v) is 4.05. The van der Waals surface area contributed by atoms with Gasteiger partial charge in [-0.25, -0.2) is 0 Å². The van der Waals surface area contributed by atoms with Gasteiger partial charge in [-0.2, -0.15) is 0 Å². The van der Waals surface area contributed by atoms with Gasteiger partial charge in [0.25, 0.3) is 0 Å². The number of fused-ring (bicyclic) bond motifs is 1. The summed E-state index contributed by atoms with van der Waals surface area (Å²) < 4.78 is 0. The van der Waals surface area contributed by atoms with Crippen LogP contribution in [0.4, 0.5) is 5.69 Å². The molecule has 134 valence electrons. The predicted molar refractivity (Wildman–Crippen MR) is 102 cm³/mol. The van der Waals surface area contributed by atoms with E-state index in [-0.39, 0.29) is 30.2 Å². The van der Waals surface area contributed by atoms with Crippen LogP contribution >= 0.6 is 0 Å². The third-order valence-electron chi connectivity index (χ3n) is 5.53. The molecule has 2 atom stereocenters. The number of carbonyl (C=O) groups is 2. The van der Waals surface area contributed by atoms with Crippen molar-refractivity contribution in [3.63, 3.8) is 0 Å². The number of hydrogen-bond donors (Lipinski definition) is 1. The molecule has 2 amide bonds. The minimum absolute atomic E-state index is 0.00494. The van der Waals surface area contributed by atoms with Crippen molar-refractivity contribution in [3.05, 3.63) is 65.2 Å². The highest BCUT2D eigenvalue weighted by molar-refractivity contribution is 6.00. The molecule has 0 aromatic heterocycles. The number of nitrogens with one attached hydrogen (secondary N) is 1. The lowest BCUT2D eigenvalue weighted by Gasteiger charge is -2.27. The molecule has 4 heteroatoms. The third kappa shape index (κ3) is 3.24. The average Bonchev–Trinajstić information content (AvgIpc) is 3.05. The highest BCUT2D eigenvalue weighted by atomic mass is 16.2. The maximum absolute atomic E-state index is 12.8. The molecule has 0 unspecified atom stereocenters. The fourth-order valence-electron chi connectivity index (χ4n) is 4.05. The van der Waals surface area contributed by atoms with Gasteiger partial charge in [0.2, 0.25) is 11.8 Å². The first-order chi connectivity index (χ1) is 12.6. The summed E-state index contributed by atoms with van der Waals surface area (Å²) in [4.78, 5) is 27.0. The van der Waals surface area contributed by atoms with Crippen molar-refractivity contribution in [3.8, 4) is 0 Å². The van der Waals surface area contributed by atoms with E-state index in [1.54, 1.807) is 4.90 Å². The average molecular weight is 348 g/mol. The Balaban J connectivity index is 1.45. The maximum Gasteiger partial charge on any atom is 0.227 e. The first kappa shape index (κ1) is 16.8. The van der Waals surface area contributed by atoms with Crippen LogP contribution in [0.1, 0.15) is 42.0 Å². The molecule has 1 heterocycles.